The van der Waals surface area contributed by atoms with Gasteiger partial charge in [-0.15, -0.1) is 0 Å². The summed E-state index contributed by atoms with van der Waals surface area (Å²) >= 11 is 0. The number of carboxylic acid groups (broad SMARTS) is 1. The molecule has 10 nitrogen and oxygen atoms in total. The van der Waals surface area contributed by atoms with Crippen molar-refractivity contribution in [2.24, 2.45) is 11.7 Å². The van der Waals surface area contributed by atoms with Crippen LogP contribution in [0, 0.1) is 11.7 Å². The number of hydrogen-bond acceptors (Lipinski definition) is 6. The summed E-state index contributed by atoms with van der Waals surface area (Å²) in [6.07, 6.45) is 4.16. The summed E-state index contributed by atoms with van der Waals surface area (Å²) in [7, 11) is 0. The number of hydrogen-bond donors (Lipinski definition) is 4. The predicted molar refractivity (Wildman–Crippen MR) is 137 cm³/mol. The van der Waals surface area contributed by atoms with Crippen molar-refractivity contribution in [3.63, 3.8) is 0 Å². The maximum atomic E-state index is 15.2. The Hall–Kier alpha value is -3.47. The van der Waals surface area contributed by atoms with Crippen LogP contribution in [0.1, 0.15) is 62.9 Å². The van der Waals surface area contributed by atoms with Crippen LogP contribution < -0.4 is 26.7 Å². The van der Waals surface area contributed by atoms with E-state index in [1.54, 1.807) is 22.5 Å². The standard InChI is InChI=1S/C26H34FN5O5/c1-13(2)8-20(28)25(35)29-14(3)24(34)30-15-6-7-31(11-15)22-10-21-17(9-19(22)27)23(33)18(26(36)37)12-32(21)16-4-5-16/h9-10,12-16,20H,4-8,11,28H2,1-3H3,(H,29,35)(H,30,34)(H,36,37)/t14-,15-,20-/m0/s1. The Morgan fingerprint density at radius 2 is 1.86 bits per heavy atom. The smallest absolute Gasteiger partial charge is 0.341 e. The second kappa shape index (κ2) is 10.5. The fraction of sp³-hybridized carbons (Fsp3) is 0.538. The van der Waals surface area contributed by atoms with E-state index in [0.29, 0.717) is 37.1 Å². The van der Waals surface area contributed by atoms with E-state index in [-0.39, 0.29) is 40.8 Å². The third kappa shape index (κ3) is 5.76. The van der Waals surface area contributed by atoms with Gasteiger partial charge in [0.1, 0.15) is 17.4 Å². The number of nitrogens with two attached hydrogens (primary N) is 1. The number of pyridine rings is 1. The molecule has 4 rings (SSSR count). The van der Waals surface area contributed by atoms with Crippen molar-refractivity contribution >= 4 is 34.4 Å². The molecule has 37 heavy (non-hydrogen) atoms. The SMILES string of the molecule is CC(C)C[C@H](N)C(=O)N[C@@H](C)C(=O)N[C@H]1CCN(c2cc3c(cc2F)c(=O)c(C(=O)O)cn3C2CC2)C1. The molecule has 2 fully saturated rings. The van der Waals surface area contributed by atoms with Gasteiger partial charge in [0.15, 0.2) is 0 Å². The number of carbonyl (C=O) groups excluding carboxylic acids is 2. The molecule has 1 saturated carbocycles. The number of rotatable bonds is 9. The van der Waals surface area contributed by atoms with Crippen LogP contribution in [0.3, 0.4) is 0 Å². The van der Waals surface area contributed by atoms with Crippen molar-refractivity contribution in [1.82, 2.24) is 15.2 Å². The van der Waals surface area contributed by atoms with Crippen LogP contribution in [-0.2, 0) is 9.59 Å². The zero-order valence-corrected chi connectivity index (χ0v) is 21.3. The van der Waals surface area contributed by atoms with Crippen molar-refractivity contribution in [1.29, 1.82) is 0 Å². The highest BCUT2D eigenvalue weighted by molar-refractivity contribution is 5.94. The quantitative estimate of drug-likeness (QED) is 0.398. The molecule has 1 aliphatic heterocycles. The molecule has 2 amide bonds. The first-order valence-corrected chi connectivity index (χ1v) is 12.7. The van der Waals surface area contributed by atoms with Crippen LogP contribution in [0.25, 0.3) is 10.9 Å². The molecule has 1 saturated heterocycles. The monoisotopic (exact) mass is 515 g/mol. The van der Waals surface area contributed by atoms with E-state index in [2.05, 4.69) is 10.6 Å². The molecule has 1 aromatic heterocycles. The Labute approximate surface area is 214 Å². The minimum atomic E-state index is -1.34. The molecule has 0 radical (unpaired) electrons. The van der Waals surface area contributed by atoms with E-state index < -0.39 is 29.3 Å². The van der Waals surface area contributed by atoms with Crippen molar-refractivity contribution in [2.45, 2.75) is 70.6 Å². The Bertz CT molecular complexity index is 1290. The fourth-order valence-corrected chi connectivity index (χ4v) is 4.83. The molecule has 3 atom stereocenters. The highest BCUT2D eigenvalue weighted by Crippen LogP contribution is 2.38. The van der Waals surface area contributed by atoms with E-state index in [9.17, 15) is 24.3 Å². The van der Waals surface area contributed by atoms with Crippen molar-refractivity contribution in [3.8, 4) is 0 Å². The molecule has 1 aliphatic carbocycles. The van der Waals surface area contributed by atoms with Crippen LogP contribution in [-0.4, -0.2) is 58.7 Å². The number of benzene rings is 1. The first kappa shape index (κ1) is 26.6. The first-order chi connectivity index (χ1) is 17.5. The summed E-state index contributed by atoms with van der Waals surface area (Å²) in [5.74, 6) is -2.43. The number of carbonyl (C=O) groups is 3. The number of carboxylic acids is 1. The Balaban J connectivity index is 1.47. The van der Waals surface area contributed by atoms with E-state index in [1.165, 1.54) is 6.20 Å². The molecule has 0 spiro atoms. The normalized spacial score (nSPS) is 19.2. The molecule has 0 bridgehead atoms. The Morgan fingerprint density at radius 3 is 2.49 bits per heavy atom. The molecular weight excluding hydrogens is 481 g/mol. The molecule has 1 aromatic carbocycles. The first-order valence-electron chi connectivity index (χ1n) is 12.7. The average molecular weight is 516 g/mol. The summed E-state index contributed by atoms with van der Waals surface area (Å²) in [5, 5.41) is 15.0. The molecular formula is C26H34FN5O5. The van der Waals surface area contributed by atoms with Gasteiger partial charge in [0.25, 0.3) is 0 Å². The van der Waals surface area contributed by atoms with E-state index >= 15 is 4.39 Å². The average Bonchev–Trinajstić information content (AvgIpc) is 3.56. The van der Waals surface area contributed by atoms with Gasteiger partial charge in [-0.2, -0.15) is 0 Å². The highest BCUT2D eigenvalue weighted by Gasteiger charge is 2.31. The van der Waals surface area contributed by atoms with Crippen LogP contribution in [0.4, 0.5) is 10.1 Å². The molecule has 2 heterocycles. The van der Waals surface area contributed by atoms with E-state index in [0.717, 1.165) is 18.9 Å². The van der Waals surface area contributed by atoms with Crippen LogP contribution in [0.2, 0.25) is 0 Å². The number of aromatic nitrogens is 1. The van der Waals surface area contributed by atoms with Gasteiger partial charge in [0, 0.05) is 36.8 Å². The number of anilines is 1. The van der Waals surface area contributed by atoms with Gasteiger partial charge in [-0.05, 0) is 50.7 Å². The second-order valence-electron chi connectivity index (χ2n) is 10.5. The molecule has 11 heteroatoms. The molecule has 2 aromatic rings. The lowest BCUT2D eigenvalue weighted by Crippen LogP contribution is -2.52. The lowest BCUT2D eigenvalue weighted by molar-refractivity contribution is -0.129. The maximum Gasteiger partial charge on any atom is 0.341 e. The minimum absolute atomic E-state index is 0.0392. The number of amides is 2. The lowest BCUT2D eigenvalue weighted by atomic mass is 10.0. The lowest BCUT2D eigenvalue weighted by Gasteiger charge is -2.23. The van der Waals surface area contributed by atoms with Crippen molar-refractivity contribution in [3.05, 3.63) is 39.9 Å². The minimum Gasteiger partial charge on any atom is -0.477 e. The molecule has 2 aliphatic rings. The van der Waals surface area contributed by atoms with Crippen molar-refractivity contribution in [2.75, 3.05) is 18.0 Å². The van der Waals surface area contributed by atoms with Gasteiger partial charge in [0.05, 0.1) is 17.2 Å². The number of nitrogens with zero attached hydrogens (tertiary/aromatic N) is 2. The number of fused-ring (bicyclic) bond motifs is 1. The van der Waals surface area contributed by atoms with Gasteiger partial charge in [0.2, 0.25) is 17.2 Å². The van der Waals surface area contributed by atoms with Gasteiger partial charge in [-0.25, -0.2) is 9.18 Å². The van der Waals surface area contributed by atoms with Gasteiger partial charge in [-0.1, -0.05) is 13.8 Å². The molecule has 0 unspecified atom stereocenters. The van der Waals surface area contributed by atoms with Crippen LogP contribution >= 0.6 is 0 Å². The van der Waals surface area contributed by atoms with E-state index in [1.807, 2.05) is 13.8 Å². The van der Waals surface area contributed by atoms with E-state index in [4.69, 9.17) is 5.73 Å². The third-order valence-electron chi connectivity index (χ3n) is 6.96. The summed E-state index contributed by atoms with van der Waals surface area (Å²) in [5.41, 5.74) is 5.60. The highest BCUT2D eigenvalue weighted by atomic mass is 19.1. The zero-order valence-electron chi connectivity index (χ0n) is 21.3. The third-order valence-corrected chi connectivity index (χ3v) is 6.96. The van der Waals surface area contributed by atoms with Crippen molar-refractivity contribution < 1.29 is 23.9 Å². The Morgan fingerprint density at radius 1 is 1.16 bits per heavy atom. The topological polar surface area (TPSA) is 147 Å². The Kier molecular flexibility index (Phi) is 7.54. The summed E-state index contributed by atoms with van der Waals surface area (Å²) in [6, 6.07) is 1.07. The molecule has 200 valence electrons. The largest absolute Gasteiger partial charge is 0.477 e. The second-order valence-corrected chi connectivity index (χ2v) is 10.5. The predicted octanol–water partition coefficient (Wildman–Crippen LogP) is 1.75. The fourth-order valence-electron chi connectivity index (χ4n) is 4.83. The number of nitrogens with one attached hydrogen (secondary N) is 2. The number of halogens is 1. The summed E-state index contributed by atoms with van der Waals surface area (Å²) in [6.45, 7) is 6.35. The summed E-state index contributed by atoms with van der Waals surface area (Å²) < 4.78 is 16.9. The van der Waals surface area contributed by atoms with Gasteiger partial charge in [-0.3, -0.25) is 14.4 Å². The zero-order chi connectivity index (χ0) is 27.0. The van der Waals surface area contributed by atoms with Gasteiger partial charge >= 0.3 is 5.97 Å². The van der Waals surface area contributed by atoms with Gasteiger partial charge < -0.3 is 30.9 Å². The van der Waals surface area contributed by atoms with Crippen LogP contribution in [0.15, 0.2) is 23.1 Å². The maximum absolute atomic E-state index is 15.2. The summed E-state index contributed by atoms with van der Waals surface area (Å²) in [4.78, 5) is 51.0. The molecule has 5 N–H and O–H groups in total. The van der Waals surface area contributed by atoms with Crippen LogP contribution in [0.5, 0.6) is 0 Å². The number of aromatic carboxylic acids is 1.